The molecule has 0 unspecified atom stereocenters. The number of para-hydroxylation sites is 3. The second kappa shape index (κ2) is 9.65. The smallest absolute Gasteiger partial charge is 0.193 e. The average Bonchev–Trinajstić information content (AvgIpc) is 3.10. The molecule has 0 bridgehead atoms. The molecule has 0 saturated carbocycles. The number of fused-ring (bicyclic) bond motifs is 1. The fourth-order valence-electron chi connectivity index (χ4n) is 4.12. The molecule has 1 N–H and O–H groups in total. The van der Waals surface area contributed by atoms with E-state index in [4.69, 9.17) is 4.74 Å². The zero-order valence-electron chi connectivity index (χ0n) is 17.9. The Hall–Kier alpha value is -3.02. The van der Waals surface area contributed by atoms with Crippen molar-refractivity contribution in [2.45, 2.75) is 38.8 Å². The van der Waals surface area contributed by atoms with Crippen LogP contribution < -0.4 is 10.1 Å². The molecule has 0 radical (unpaired) electrons. The van der Waals surface area contributed by atoms with Crippen LogP contribution in [-0.4, -0.2) is 53.2 Å². The van der Waals surface area contributed by atoms with Gasteiger partial charge >= 0.3 is 0 Å². The lowest BCUT2D eigenvalue weighted by molar-refractivity contribution is 0.129. The van der Waals surface area contributed by atoms with Crippen LogP contribution in [0.25, 0.3) is 11.0 Å². The minimum atomic E-state index is 0.277. The summed E-state index contributed by atoms with van der Waals surface area (Å²) >= 11 is 0. The summed E-state index contributed by atoms with van der Waals surface area (Å²) < 4.78 is 8.41. The summed E-state index contributed by atoms with van der Waals surface area (Å²) in [6, 6.07) is 18.4. The van der Waals surface area contributed by atoms with E-state index in [1.807, 2.05) is 43.4 Å². The lowest BCUT2D eigenvalue weighted by Crippen LogP contribution is -2.47. The summed E-state index contributed by atoms with van der Waals surface area (Å²) in [7, 11) is 1.86. The average molecular weight is 406 g/mol. The van der Waals surface area contributed by atoms with Crippen molar-refractivity contribution in [3.63, 3.8) is 0 Å². The lowest BCUT2D eigenvalue weighted by Gasteiger charge is -2.34. The molecule has 2 aromatic carbocycles. The highest BCUT2D eigenvalue weighted by atomic mass is 16.5. The third-order valence-electron chi connectivity index (χ3n) is 5.69. The highest BCUT2D eigenvalue weighted by Gasteiger charge is 2.22. The molecule has 3 aromatic rings. The molecule has 1 fully saturated rings. The fourth-order valence-corrected chi connectivity index (χ4v) is 4.12. The van der Waals surface area contributed by atoms with Crippen molar-refractivity contribution in [1.29, 1.82) is 0 Å². The Balaban J connectivity index is 1.23. The molecule has 0 aliphatic carbocycles. The zero-order valence-corrected chi connectivity index (χ0v) is 17.9. The maximum absolute atomic E-state index is 6.11. The minimum Gasteiger partial charge on any atom is -0.490 e. The van der Waals surface area contributed by atoms with Crippen LogP contribution in [0.3, 0.4) is 0 Å². The number of hydrogen-bond donors (Lipinski definition) is 1. The van der Waals surface area contributed by atoms with Crippen molar-refractivity contribution in [2.75, 3.05) is 26.7 Å². The van der Waals surface area contributed by atoms with Crippen LogP contribution in [0.5, 0.6) is 5.75 Å². The van der Waals surface area contributed by atoms with Gasteiger partial charge in [-0.15, -0.1) is 0 Å². The number of ether oxygens (including phenoxy) is 1. The molecule has 1 saturated heterocycles. The first-order valence-corrected chi connectivity index (χ1v) is 10.8. The number of benzene rings is 2. The molecule has 6 nitrogen and oxygen atoms in total. The maximum atomic E-state index is 6.11. The van der Waals surface area contributed by atoms with E-state index in [1.54, 1.807) is 0 Å². The molecule has 0 amide bonds. The first-order chi connectivity index (χ1) is 14.7. The third kappa shape index (κ3) is 4.75. The van der Waals surface area contributed by atoms with Crippen molar-refractivity contribution in [2.24, 2.45) is 4.99 Å². The molecular weight excluding hydrogens is 374 g/mol. The predicted molar refractivity (Wildman–Crippen MR) is 122 cm³/mol. The molecule has 158 valence electrons. The van der Waals surface area contributed by atoms with E-state index in [9.17, 15) is 0 Å². The SMILES string of the molecule is CN=C(NCCCn1c(C)nc2ccccc21)N1CCC(Oc2ccccc2)CC1. The highest BCUT2D eigenvalue weighted by molar-refractivity contribution is 5.80. The number of nitrogens with one attached hydrogen (secondary N) is 1. The van der Waals surface area contributed by atoms with Crippen molar-refractivity contribution >= 4 is 17.0 Å². The summed E-state index contributed by atoms with van der Waals surface area (Å²) in [6.07, 6.45) is 3.32. The number of aromatic nitrogens is 2. The molecule has 6 heteroatoms. The van der Waals surface area contributed by atoms with E-state index in [1.165, 1.54) is 5.52 Å². The second-order valence-corrected chi connectivity index (χ2v) is 7.74. The number of rotatable bonds is 6. The van der Waals surface area contributed by atoms with Gasteiger partial charge in [0.25, 0.3) is 0 Å². The number of aryl methyl sites for hydroxylation is 2. The number of aliphatic imine (C=N–C) groups is 1. The summed E-state index contributed by atoms with van der Waals surface area (Å²) in [6.45, 7) is 5.83. The summed E-state index contributed by atoms with van der Waals surface area (Å²) in [5.74, 6) is 3.02. The van der Waals surface area contributed by atoms with Gasteiger partial charge in [-0.05, 0) is 37.6 Å². The van der Waals surface area contributed by atoms with Gasteiger partial charge in [0.05, 0.1) is 11.0 Å². The van der Waals surface area contributed by atoms with Crippen LogP contribution in [0.4, 0.5) is 0 Å². The molecule has 2 heterocycles. The quantitative estimate of drug-likeness (QED) is 0.384. The fraction of sp³-hybridized carbons (Fsp3) is 0.417. The Morgan fingerprint density at radius 1 is 1.10 bits per heavy atom. The van der Waals surface area contributed by atoms with Gasteiger partial charge in [0.1, 0.15) is 17.7 Å². The van der Waals surface area contributed by atoms with Gasteiger partial charge in [-0.3, -0.25) is 4.99 Å². The topological polar surface area (TPSA) is 54.7 Å². The van der Waals surface area contributed by atoms with Gasteiger partial charge in [-0.25, -0.2) is 4.98 Å². The Bertz CT molecular complexity index is 974. The Labute approximate surface area is 178 Å². The zero-order chi connectivity index (χ0) is 20.8. The van der Waals surface area contributed by atoms with Crippen LogP contribution in [0.1, 0.15) is 25.1 Å². The predicted octanol–water partition coefficient (Wildman–Crippen LogP) is 3.85. The summed E-state index contributed by atoms with van der Waals surface area (Å²) in [5.41, 5.74) is 2.28. The first-order valence-electron chi connectivity index (χ1n) is 10.8. The number of imidazole rings is 1. The monoisotopic (exact) mass is 405 g/mol. The van der Waals surface area contributed by atoms with E-state index in [0.29, 0.717) is 0 Å². The molecule has 1 aliphatic rings. The summed E-state index contributed by atoms with van der Waals surface area (Å²) in [5, 5.41) is 3.53. The van der Waals surface area contributed by atoms with Gasteiger partial charge < -0.3 is 19.5 Å². The standard InChI is InChI=1S/C24H31N5O/c1-19-27-22-11-6-7-12-23(22)29(19)16-8-15-26-24(25-2)28-17-13-21(14-18-28)30-20-9-4-3-5-10-20/h3-7,9-12,21H,8,13-18H2,1-2H3,(H,25,26). The van der Waals surface area contributed by atoms with Crippen molar-refractivity contribution < 1.29 is 4.74 Å². The van der Waals surface area contributed by atoms with Gasteiger partial charge in [0.2, 0.25) is 0 Å². The normalized spacial score (nSPS) is 15.5. The third-order valence-corrected chi connectivity index (χ3v) is 5.69. The molecule has 0 spiro atoms. The number of piperidine rings is 1. The molecule has 4 rings (SSSR count). The van der Waals surface area contributed by atoms with Gasteiger partial charge in [0.15, 0.2) is 5.96 Å². The second-order valence-electron chi connectivity index (χ2n) is 7.74. The van der Waals surface area contributed by atoms with E-state index in [0.717, 1.165) is 68.5 Å². The van der Waals surface area contributed by atoms with Crippen LogP contribution in [0.2, 0.25) is 0 Å². The van der Waals surface area contributed by atoms with Gasteiger partial charge in [0, 0.05) is 46.1 Å². The number of likely N-dealkylation sites (tertiary alicyclic amines) is 1. The molecule has 1 aliphatic heterocycles. The number of hydrogen-bond acceptors (Lipinski definition) is 3. The molecule has 1 aromatic heterocycles. The maximum Gasteiger partial charge on any atom is 0.193 e. The first kappa shape index (κ1) is 20.3. The van der Waals surface area contributed by atoms with Crippen LogP contribution in [0.15, 0.2) is 59.6 Å². The lowest BCUT2D eigenvalue weighted by atomic mass is 10.1. The van der Waals surface area contributed by atoms with Crippen LogP contribution in [0, 0.1) is 6.92 Å². The number of nitrogens with zero attached hydrogens (tertiary/aromatic N) is 4. The Morgan fingerprint density at radius 2 is 1.83 bits per heavy atom. The van der Waals surface area contributed by atoms with Crippen LogP contribution >= 0.6 is 0 Å². The molecule has 0 atom stereocenters. The van der Waals surface area contributed by atoms with E-state index >= 15 is 0 Å². The van der Waals surface area contributed by atoms with E-state index in [2.05, 4.69) is 49.9 Å². The Morgan fingerprint density at radius 3 is 2.60 bits per heavy atom. The molecule has 30 heavy (non-hydrogen) atoms. The van der Waals surface area contributed by atoms with Crippen molar-refractivity contribution in [1.82, 2.24) is 19.8 Å². The van der Waals surface area contributed by atoms with E-state index < -0.39 is 0 Å². The number of guanidine groups is 1. The largest absolute Gasteiger partial charge is 0.490 e. The van der Waals surface area contributed by atoms with Crippen molar-refractivity contribution in [3.8, 4) is 5.75 Å². The summed E-state index contributed by atoms with van der Waals surface area (Å²) in [4.78, 5) is 11.5. The van der Waals surface area contributed by atoms with Crippen molar-refractivity contribution in [3.05, 3.63) is 60.4 Å². The van der Waals surface area contributed by atoms with E-state index in [-0.39, 0.29) is 6.10 Å². The highest BCUT2D eigenvalue weighted by Crippen LogP contribution is 2.19. The van der Waals surface area contributed by atoms with Crippen LogP contribution in [-0.2, 0) is 6.54 Å². The Kier molecular flexibility index (Phi) is 6.52. The molecular formula is C24H31N5O. The van der Waals surface area contributed by atoms with Gasteiger partial charge in [-0.1, -0.05) is 30.3 Å². The van der Waals surface area contributed by atoms with Gasteiger partial charge in [-0.2, -0.15) is 0 Å². The minimum absolute atomic E-state index is 0.277.